The first kappa shape index (κ1) is 21.4. The molecule has 0 bridgehead atoms. The molecule has 3 N–H and O–H groups in total. The lowest BCUT2D eigenvalue weighted by Crippen LogP contribution is -2.37. The number of guanidine groups is 1. The minimum Gasteiger partial charge on any atom is -0.357 e. The molecule has 2 aromatic carbocycles. The zero-order valence-corrected chi connectivity index (χ0v) is 16.8. The highest BCUT2D eigenvalue weighted by atomic mass is 19.1. The SMILES string of the molecule is CCNC(=NCc1cccc(C(=O)NC(C)CC)c1)NCc1ccccc1F. The van der Waals surface area contributed by atoms with E-state index < -0.39 is 0 Å². The van der Waals surface area contributed by atoms with Gasteiger partial charge in [-0.25, -0.2) is 9.38 Å². The van der Waals surface area contributed by atoms with E-state index in [0.717, 1.165) is 12.0 Å². The molecule has 0 aliphatic heterocycles. The fourth-order valence-corrected chi connectivity index (χ4v) is 2.55. The van der Waals surface area contributed by atoms with E-state index in [9.17, 15) is 9.18 Å². The normalized spacial score (nSPS) is 12.4. The number of carbonyl (C=O) groups excluding carboxylic acids is 1. The zero-order chi connectivity index (χ0) is 20.4. The molecule has 0 aromatic heterocycles. The van der Waals surface area contributed by atoms with Crippen molar-refractivity contribution in [3.8, 4) is 0 Å². The van der Waals surface area contributed by atoms with Crippen LogP contribution in [-0.2, 0) is 13.1 Å². The number of aliphatic imine (C=N–C) groups is 1. The summed E-state index contributed by atoms with van der Waals surface area (Å²) in [6.07, 6.45) is 0.884. The number of hydrogen-bond acceptors (Lipinski definition) is 2. The first-order valence-corrected chi connectivity index (χ1v) is 9.68. The predicted molar refractivity (Wildman–Crippen MR) is 112 cm³/mol. The topological polar surface area (TPSA) is 65.5 Å². The van der Waals surface area contributed by atoms with E-state index in [1.54, 1.807) is 24.3 Å². The number of nitrogens with one attached hydrogen (secondary N) is 3. The van der Waals surface area contributed by atoms with E-state index in [1.807, 2.05) is 39.0 Å². The van der Waals surface area contributed by atoms with Gasteiger partial charge in [-0.05, 0) is 44.0 Å². The predicted octanol–water partition coefficient (Wildman–Crippen LogP) is 3.61. The molecule has 0 spiro atoms. The summed E-state index contributed by atoms with van der Waals surface area (Å²) >= 11 is 0. The van der Waals surface area contributed by atoms with Crippen molar-refractivity contribution in [2.45, 2.75) is 46.3 Å². The number of amides is 1. The molecule has 2 rings (SSSR count). The molecule has 1 atom stereocenters. The van der Waals surface area contributed by atoms with Crippen molar-refractivity contribution >= 4 is 11.9 Å². The molecular weight excluding hydrogens is 355 g/mol. The average Bonchev–Trinajstić information content (AvgIpc) is 2.71. The van der Waals surface area contributed by atoms with Crippen LogP contribution in [0, 0.1) is 5.82 Å². The Bertz CT molecular complexity index is 807. The summed E-state index contributed by atoms with van der Waals surface area (Å²) in [4.78, 5) is 16.8. The summed E-state index contributed by atoms with van der Waals surface area (Å²) in [5.74, 6) is 0.274. The molecule has 150 valence electrons. The molecule has 0 saturated heterocycles. The largest absolute Gasteiger partial charge is 0.357 e. The van der Waals surface area contributed by atoms with Crippen molar-refractivity contribution in [2.75, 3.05) is 6.54 Å². The summed E-state index contributed by atoms with van der Waals surface area (Å²) < 4.78 is 13.8. The lowest BCUT2D eigenvalue weighted by molar-refractivity contribution is 0.0939. The minimum atomic E-state index is -0.245. The Morgan fingerprint density at radius 3 is 2.61 bits per heavy atom. The molecule has 1 amide bonds. The molecule has 6 heteroatoms. The molecule has 0 saturated carbocycles. The Hall–Kier alpha value is -2.89. The van der Waals surface area contributed by atoms with Gasteiger partial charge in [0.05, 0.1) is 6.54 Å². The second kappa shape index (κ2) is 11.1. The van der Waals surface area contributed by atoms with Crippen LogP contribution >= 0.6 is 0 Å². The molecular formula is C22H29FN4O. The highest BCUT2D eigenvalue weighted by molar-refractivity contribution is 5.94. The summed E-state index contributed by atoms with van der Waals surface area (Å²) in [5.41, 5.74) is 2.13. The zero-order valence-electron chi connectivity index (χ0n) is 16.8. The third-order valence-electron chi connectivity index (χ3n) is 4.35. The monoisotopic (exact) mass is 384 g/mol. The summed E-state index contributed by atoms with van der Waals surface area (Å²) in [6, 6.07) is 14.2. The van der Waals surface area contributed by atoms with Gasteiger partial charge in [-0.3, -0.25) is 4.79 Å². The first-order valence-electron chi connectivity index (χ1n) is 9.68. The van der Waals surface area contributed by atoms with Crippen LogP contribution in [0.1, 0.15) is 48.7 Å². The van der Waals surface area contributed by atoms with E-state index in [1.165, 1.54) is 6.07 Å². The molecule has 0 fully saturated rings. The highest BCUT2D eigenvalue weighted by Crippen LogP contribution is 2.08. The van der Waals surface area contributed by atoms with Gasteiger partial charge in [0.2, 0.25) is 0 Å². The van der Waals surface area contributed by atoms with Crippen LogP contribution in [-0.4, -0.2) is 24.5 Å². The fraction of sp³-hybridized carbons (Fsp3) is 0.364. The van der Waals surface area contributed by atoms with Gasteiger partial charge in [0, 0.05) is 30.3 Å². The van der Waals surface area contributed by atoms with E-state index >= 15 is 0 Å². The van der Waals surface area contributed by atoms with Crippen LogP contribution in [0.5, 0.6) is 0 Å². The molecule has 0 aliphatic rings. The lowest BCUT2D eigenvalue weighted by atomic mass is 10.1. The number of benzene rings is 2. The summed E-state index contributed by atoms with van der Waals surface area (Å²) in [7, 11) is 0. The van der Waals surface area contributed by atoms with Crippen molar-refractivity contribution in [3.63, 3.8) is 0 Å². The van der Waals surface area contributed by atoms with Gasteiger partial charge in [-0.2, -0.15) is 0 Å². The lowest BCUT2D eigenvalue weighted by Gasteiger charge is -2.13. The number of halogens is 1. The average molecular weight is 384 g/mol. The maximum Gasteiger partial charge on any atom is 0.251 e. The Kier molecular flexibility index (Phi) is 8.46. The first-order chi connectivity index (χ1) is 13.5. The molecule has 2 aromatic rings. The highest BCUT2D eigenvalue weighted by Gasteiger charge is 2.09. The third kappa shape index (κ3) is 6.68. The van der Waals surface area contributed by atoms with Gasteiger partial charge >= 0.3 is 0 Å². The van der Waals surface area contributed by atoms with Crippen LogP contribution in [0.2, 0.25) is 0 Å². The van der Waals surface area contributed by atoms with Gasteiger partial charge in [-0.1, -0.05) is 37.3 Å². The minimum absolute atomic E-state index is 0.0789. The Morgan fingerprint density at radius 1 is 1.11 bits per heavy atom. The smallest absolute Gasteiger partial charge is 0.251 e. The van der Waals surface area contributed by atoms with Crippen LogP contribution in [0.25, 0.3) is 0 Å². The standard InChI is InChI=1S/C22H29FN4O/c1-4-16(3)27-21(28)18-11-8-9-17(13-18)14-25-22(24-5-2)26-15-19-10-6-7-12-20(19)23/h6-13,16H,4-5,14-15H2,1-3H3,(H,27,28)(H2,24,25,26). The van der Waals surface area contributed by atoms with Crippen LogP contribution in [0.15, 0.2) is 53.5 Å². The van der Waals surface area contributed by atoms with Gasteiger partial charge in [0.1, 0.15) is 5.82 Å². The maximum atomic E-state index is 13.8. The molecule has 5 nitrogen and oxygen atoms in total. The molecule has 1 unspecified atom stereocenters. The van der Waals surface area contributed by atoms with Gasteiger partial charge in [0.15, 0.2) is 5.96 Å². The van der Waals surface area contributed by atoms with E-state index in [4.69, 9.17) is 0 Å². The molecule has 0 heterocycles. The Morgan fingerprint density at radius 2 is 1.89 bits per heavy atom. The number of nitrogens with zero attached hydrogens (tertiary/aromatic N) is 1. The maximum absolute atomic E-state index is 13.8. The van der Waals surface area contributed by atoms with Crippen molar-refractivity contribution in [2.24, 2.45) is 4.99 Å². The van der Waals surface area contributed by atoms with E-state index in [-0.39, 0.29) is 17.8 Å². The molecule has 0 aliphatic carbocycles. The number of carbonyl (C=O) groups is 1. The van der Waals surface area contributed by atoms with Gasteiger partial charge in [-0.15, -0.1) is 0 Å². The van der Waals surface area contributed by atoms with Crippen molar-refractivity contribution in [1.82, 2.24) is 16.0 Å². The molecule has 0 radical (unpaired) electrons. The van der Waals surface area contributed by atoms with Crippen molar-refractivity contribution < 1.29 is 9.18 Å². The van der Waals surface area contributed by atoms with Crippen LogP contribution < -0.4 is 16.0 Å². The quantitative estimate of drug-likeness (QED) is 0.481. The van der Waals surface area contributed by atoms with Gasteiger partial charge in [0.25, 0.3) is 5.91 Å². The van der Waals surface area contributed by atoms with Crippen molar-refractivity contribution in [3.05, 3.63) is 71.0 Å². The van der Waals surface area contributed by atoms with E-state index in [2.05, 4.69) is 20.9 Å². The van der Waals surface area contributed by atoms with E-state index in [0.29, 0.717) is 36.7 Å². The fourth-order valence-electron chi connectivity index (χ4n) is 2.55. The van der Waals surface area contributed by atoms with Gasteiger partial charge < -0.3 is 16.0 Å². The Labute approximate surface area is 166 Å². The second-order valence-electron chi connectivity index (χ2n) is 6.62. The summed E-state index contributed by atoms with van der Waals surface area (Å²) in [6.45, 7) is 7.44. The Balaban J connectivity index is 2.03. The van der Waals surface area contributed by atoms with Crippen molar-refractivity contribution in [1.29, 1.82) is 0 Å². The third-order valence-corrected chi connectivity index (χ3v) is 4.35. The second-order valence-corrected chi connectivity index (χ2v) is 6.62. The summed E-state index contributed by atoms with van der Waals surface area (Å²) in [5, 5.41) is 9.26. The number of hydrogen-bond donors (Lipinski definition) is 3. The van der Waals surface area contributed by atoms with Crippen LogP contribution in [0.4, 0.5) is 4.39 Å². The number of rotatable bonds is 8. The van der Waals surface area contributed by atoms with Crippen LogP contribution in [0.3, 0.4) is 0 Å². The molecule has 28 heavy (non-hydrogen) atoms.